The number of hydrogen-bond acceptors (Lipinski definition) is 3. The fourth-order valence-electron chi connectivity index (χ4n) is 2.47. The molecule has 0 bridgehead atoms. The van der Waals surface area contributed by atoms with Gasteiger partial charge in [-0.15, -0.1) is 0 Å². The number of ether oxygens (including phenoxy) is 1. The minimum atomic E-state index is -0.106. The SMILES string of the molecule is CCC1CCCN1C(=O)C1COCCN1. The van der Waals surface area contributed by atoms with Crippen LogP contribution in [-0.4, -0.2) is 49.2 Å². The molecule has 2 atom stereocenters. The number of carbonyl (C=O) groups is 1. The van der Waals surface area contributed by atoms with E-state index in [-0.39, 0.29) is 11.9 Å². The first-order valence-electron chi connectivity index (χ1n) is 5.94. The van der Waals surface area contributed by atoms with E-state index in [1.54, 1.807) is 0 Å². The Morgan fingerprint density at radius 3 is 3.13 bits per heavy atom. The molecular weight excluding hydrogens is 192 g/mol. The highest BCUT2D eigenvalue weighted by atomic mass is 16.5. The molecule has 0 saturated carbocycles. The van der Waals surface area contributed by atoms with Crippen molar-refractivity contribution in [3.05, 3.63) is 0 Å². The highest BCUT2D eigenvalue weighted by Crippen LogP contribution is 2.20. The fourth-order valence-corrected chi connectivity index (χ4v) is 2.47. The summed E-state index contributed by atoms with van der Waals surface area (Å²) >= 11 is 0. The molecule has 0 aromatic carbocycles. The molecule has 0 radical (unpaired) electrons. The molecule has 0 aromatic heterocycles. The molecule has 2 unspecified atom stereocenters. The molecule has 2 fully saturated rings. The number of nitrogens with one attached hydrogen (secondary N) is 1. The zero-order valence-corrected chi connectivity index (χ0v) is 9.37. The standard InChI is InChI=1S/C11H20N2O2/c1-2-9-4-3-6-13(9)11(14)10-8-15-7-5-12-10/h9-10,12H,2-8H2,1H3. The zero-order chi connectivity index (χ0) is 10.7. The van der Waals surface area contributed by atoms with Gasteiger partial charge in [-0.05, 0) is 19.3 Å². The van der Waals surface area contributed by atoms with Gasteiger partial charge in [0.15, 0.2) is 0 Å². The normalized spacial score (nSPS) is 31.9. The molecule has 86 valence electrons. The van der Waals surface area contributed by atoms with Gasteiger partial charge in [0.2, 0.25) is 5.91 Å². The number of carbonyl (C=O) groups excluding carboxylic acids is 1. The maximum Gasteiger partial charge on any atom is 0.242 e. The average molecular weight is 212 g/mol. The number of amides is 1. The second-order valence-electron chi connectivity index (χ2n) is 4.32. The third-order valence-electron chi connectivity index (χ3n) is 3.35. The molecule has 4 nitrogen and oxygen atoms in total. The molecule has 4 heteroatoms. The van der Waals surface area contributed by atoms with Crippen molar-refractivity contribution in [3.63, 3.8) is 0 Å². The number of rotatable bonds is 2. The average Bonchev–Trinajstić information content (AvgIpc) is 2.77. The number of nitrogens with zero attached hydrogens (tertiary/aromatic N) is 1. The topological polar surface area (TPSA) is 41.6 Å². The lowest BCUT2D eigenvalue weighted by molar-refractivity contribution is -0.137. The van der Waals surface area contributed by atoms with Gasteiger partial charge in [0.1, 0.15) is 6.04 Å². The van der Waals surface area contributed by atoms with E-state index in [1.165, 1.54) is 0 Å². The zero-order valence-electron chi connectivity index (χ0n) is 9.37. The minimum absolute atomic E-state index is 0.106. The molecule has 2 aliphatic rings. The van der Waals surface area contributed by atoms with Gasteiger partial charge in [-0.25, -0.2) is 0 Å². The van der Waals surface area contributed by atoms with Crippen molar-refractivity contribution < 1.29 is 9.53 Å². The summed E-state index contributed by atoms with van der Waals surface area (Å²) < 4.78 is 5.32. The van der Waals surface area contributed by atoms with E-state index >= 15 is 0 Å². The quantitative estimate of drug-likeness (QED) is 0.719. The van der Waals surface area contributed by atoms with Crippen molar-refractivity contribution in [1.29, 1.82) is 0 Å². The Kier molecular flexibility index (Phi) is 3.59. The molecule has 1 amide bonds. The smallest absolute Gasteiger partial charge is 0.242 e. The van der Waals surface area contributed by atoms with E-state index in [1.807, 2.05) is 4.90 Å². The molecule has 2 saturated heterocycles. The van der Waals surface area contributed by atoms with Crippen molar-refractivity contribution in [2.24, 2.45) is 0 Å². The van der Waals surface area contributed by atoms with Gasteiger partial charge in [0.25, 0.3) is 0 Å². The second-order valence-corrected chi connectivity index (χ2v) is 4.32. The predicted octanol–water partition coefficient (Wildman–Crippen LogP) is 0.376. The van der Waals surface area contributed by atoms with Crippen LogP contribution in [0.4, 0.5) is 0 Å². The first-order valence-corrected chi connectivity index (χ1v) is 5.94. The van der Waals surface area contributed by atoms with E-state index < -0.39 is 0 Å². The third kappa shape index (κ3) is 2.32. The molecule has 15 heavy (non-hydrogen) atoms. The predicted molar refractivity (Wildman–Crippen MR) is 57.6 cm³/mol. The number of morpholine rings is 1. The molecule has 1 N–H and O–H groups in total. The van der Waals surface area contributed by atoms with Gasteiger partial charge in [-0.1, -0.05) is 6.92 Å². The van der Waals surface area contributed by atoms with Crippen molar-refractivity contribution in [1.82, 2.24) is 10.2 Å². The Morgan fingerprint density at radius 2 is 2.47 bits per heavy atom. The van der Waals surface area contributed by atoms with Crippen LogP contribution in [-0.2, 0) is 9.53 Å². The summed E-state index contributed by atoms with van der Waals surface area (Å²) in [6, 6.07) is 0.354. The Hall–Kier alpha value is -0.610. The van der Waals surface area contributed by atoms with Crippen LogP contribution in [0.5, 0.6) is 0 Å². The van der Waals surface area contributed by atoms with Crippen LogP contribution in [0.3, 0.4) is 0 Å². The van der Waals surface area contributed by atoms with Gasteiger partial charge >= 0.3 is 0 Å². The Morgan fingerprint density at radius 1 is 1.60 bits per heavy atom. The second kappa shape index (κ2) is 4.94. The molecule has 0 aromatic rings. The first-order chi connectivity index (χ1) is 7.33. The number of hydrogen-bond donors (Lipinski definition) is 1. The lowest BCUT2D eigenvalue weighted by Crippen LogP contribution is -2.53. The Bertz CT molecular complexity index is 227. The molecule has 0 spiro atoms. The third-order valence-corrected chi connectivity index (χ3v) is 3.35. The fraction of sp³-hybridized carbons (Fsp3) is 0.909. The number of likely N-dealkylation sites (tertiary alicyclic amines) is 1. The molecule has 2 heterocycles. The van der Waals surface area contributed by atoms with Crippen LogP contribution >= 0.6 is 0 Å². The van der Waals surface area contributed by atoms with Crippen molar-refractivity contribution in [2.45, 2.75) is 38.3 Å². The van der Waals surface area contributed by atoms with Crippen LogP contribution in [0.25, 0.3) is 0 Å². The summed E-state index contributed by atoms with van der Waals surface area (Å²) in [5.74, 6) is 0.235. The van der Waals surface area contributed by atoms with E-state index in [9.17, 15) is 4.79 Å². The Labute approximate surface area is 91.0 Å². The summed E-state index contributed by atoms with van der Waals surface area (Å²) in [5, 5.41) is 3.22. The maximum absolute atomic E-state index is 12.2. The highest BCUT2D eigenvalue weighted by molar-refractivity contribution is 5.82. The van der Waals surface area contributed by atoms with Crippen LogP contribution in [0.2, 0.25) is 0 Å². The van der Waals surface area contributed by atoms with Gasteiger partial charge in [-0.2, -0.15) is 0 Å². The van der Waals surface area contributed by atoms with E-state index in [0.29, 0.717) is 12.6 Å². The summed E-state index contributed by atoms with van der Waals surface area (Å²) in [6.45, 7) is 5.13. The van der Waals surface area contributed by atoms with E-state index in [2.05, 4.69) is 12.2 Å². The summed E-state index contributed by atoms with van der Waals surface area (Å²) in [4.78, 5) is 14.2. The van der Waals surface area contributed by atoms with Gasteiger partial charge in [0.05, 0.1) is 13.2 Å². The van der Waals surface area contributed by atoms with E-state index in [0.717, 1.165) is 39.0 Å². The van der Waals surface area contributed by atoms with Gasteiger partial charge < -0.3 is 15.0 Å². The lowest BCUT2D eigenvalue weighted by atomic mass is 10.1. The van der Waals surface area contributed by atoms with Crippen LogP contribution in [0.1, 0.15) is 26.2 Å². The summed E-state index contributed by atoms with van der Waals surface area (Å²) in [7, 11) is 0. The summed E-state index contributed by atoms with van der Waals surface area (Å²) in [5.41, 5.74) is 0. The molecule has 0 aliphatic carbocycles. The van der Waals surface area contributed by atoms with E-state index in [4.69, 9.17) is 4.74 Å². The van der Waals surface area contributed by atoms with Crippen molar-refractivity contribution in [3.8, 4) is 0 Å². The minimum Gasteiger partial charge on any atom is -0.378 e. The largest absolute Gasteiger partial charge is 0.378 e. The van der Waals surface area contributed by atoms with Crippen LogP contribution in [0.15, 0.2) is 0 Å². The van der Waals surface area contributed by atoms with Crippen molar-refractivity contribution >= 4 is 5.91 Å². The monoisotopic (exact) mass is 212 g/mol. The summed E-state index contributed by atoms with van der Waals surface area (Å²) in [6.07, 6.45) is 3.38. The first kappa shape index (κ1) is 10.9. The van der Waals surface area contributed by atoms with Gasteiger partial charge in [-0.3, -0.25) is 4.79 Å². The highest BCUT2D eigenvalue weighted by Gasteiger charge is 2.32. The van der Waals surface area contributed by atoms with Crippen LogP contribution in [0, 0.1) is 0 Å². The van der Waals surface area contributed by atoms with Crippen LogP contribution < -0.4 is 5.32 Å². The van der Waals surface area contributed by atoms with Gasteiger partial charge in [0, 0.05) is 19.1 Å². The molecule has 2 aliphatic heterocycles. The molecular formula is C11H20N2O2. The maximum atomic E-state index is 12.2. The van der Waals surface area contributed by atoms with Crippen molar-refractivity contribution in [2.75, 3.05) is 26.3 Å². The molecule has 2 rings (SSSR count). The Balaban J connectivity index is 1.93. The lowest BCUT2D eigenvalue weighted by Gasteiger charge is -2.30.